The van der Waals surface area contributed by atoms with Crippen molar-refractivity contribution < 1.29 is 0 Å². The number of fused-ring (bicyclic) bond motifs is 1. The number of nitrogens with zero attached hydrogens (tertiary/aromatic N) is 1. The van der Waals surface area contributed by atoms with Crippen LogP contribution in [0.25, 0.3) is 0 Å². The zero-order valence-corrected chi connectivity index (χ0v) is 9.66. The Morgan fingerprint density at radius 1 is 1.62 bits per heavy atom. The Morgan fingerprint density at radius 2 is 2.31 bits per heavy atom. The van der Waals surface area contributed by atoms with Crippen molar-refractivity contribution in [3.63, 3.8) is 0 Å². The van der Waals surface area contributed by atoms with Crippen LogP contribution in [0.3, 0.4) is 0 Å². The van der Waals surface area contributed by atoms with Gasteiger partial charge in [-0.05, 0) is 18.8 Å². The second-order valence-corrected chi connectivity index (χ2v) is 5.91. The van der Waals surface area contributed by atoms with Crippen LogP contribution in [0, 0.1) is 5.92 Å². The minimum atomic E-state index is 0.557. The van der Waals surface area contributed by atoms with Crippen molar-refractivity contribution in [3.8, 4) is 0 Å². The van der Waals surface area contributed by atoms with E-state index in [0.29, 0.717) is 5.31 Å². The third-order valence-electron chi connectivity index (χ3n) is 3.80. The molecule has 0 amide bonds. The van der Waals surface area contributed by atoms with Crippen LogP contribution in [0.5, 0.6) is 0 Å². The molecular weight excluding hydrogens is 177 g/mol. The Labute approximate surface area is 87.3 Å². The van der Waals surface area contributed by atoms with Gasteiger partial charge in [-0.1, -0.05) is 30.9 Å². The molecule has 1 nitrogen and oxygen atoms in total. The molecule has 1 saturated heterocycles. The SMILES string of the molecule is BC1(C)CCC2C(CC(=S)N2C)C1. The molecule has 3 unspecified atom stereocenters. The zero-order chi connectivity index (χ0) is 9.64. The van der Waals surface area contributed by atoms with Crippen LogP contribution in [0.15, 0.2) is 0 Å². The van der Waals surface area contributed by atoms with E-state index in [1.165, 1.54) is 30.7 Å². The van der Waals surface area contributed by atoms with Gasteiger partial charge >= 0.3 is 0 Å². The molecule has 2 rings (SSSR count). The highest BCUT2D eigenvalue weighted by Crippen LogP contribution is 2.47. The normalized spacial score (nSPS) is 45.1. The number of hydrogen-bond acceptors (Lipinski definition) is 1. The van der Waals surface area contributed by atoms with Gasteiger partial charge in [-0.2, -0.15) is 0 Å². The molecule has 2 fully saturated rings. The molecule has 0 spiro atoms. The van der Waals surface area contributed by atoms with E-state index >= 15 is 0 Å². The number of rotatable bonds is 0. The molecule has 13 heavy (non-hydrogen) atoms. The zero-order valence-electron chi connectivity index (χ0n) is 8.84. The third-order valence-corrected chi connectivity index (χ3v) is 4.26. The van der Waals surface area contributed by atoms with Gasteiger partial charge in [0.1, 0.15) is 7.85 Å². The molecule has 3 heteroatoms. The summed E-state index contributed by atoms with van der Waals surface area (Å²) in [5.74, 6) is 0.848. The smallest absolute Gasteiger partial charge is 0.109 e. The molecule has 1 aliphatic heterocycles. The van der Waals surface area contributed by atoms with Crippen LogP contribution in [-0.2, 0) is 0 Å². The lowest BCUT2D eigenvalue weighted by Gasteiger charge is -2.39. The molecule has 0 aromatic carbocycles. The average molecular weight is 195 g/mol. The number of likely N-dealkylation sites (tertiary alicyclic amines) is 1. The summed E-state index contributed by atoms with van der Waals surface area (Å²) in [7, 11) is 4.57. The van der Waals surface area contributed by atoms with Gasteiger partial charge in [0.05, 0.1) is 4.99 Å². The fourth-order valence-corrected chi connectivity index (χ4v) is 3.34. The van der Waals surface area contributed by atoms with Crippen molar-refractivity contribution in [3.05, 3.63) is 0 Å². The molecule has 72 valence electrons. The van der Waals surface area contributed by atoms with Crippen molar-refractivity contribution in [2.75, 3.05) is 7.05 Å². The molecule has 1 heterocycles. The minimum Gasteiger partial charge on any atom is -0.366 e. The monoisotopic (exact) mass is 195 g/mol. The van der Waals surface area contributed by atoms with Crippen molar-refractivity contribution in [1.82, 2.24) is 4.90 Å². The summed E-state index contributed by atoms with van der Waals surface area (Å²) in [5.41, 5.74) is 0. The summed E-state index contributed by atoms with van der Waals surface area (Å²) >= 11 is 5.36. The summed E-state index contributed by atoms with van der Waals surface area (Å²) in [4.78, 5) is 3.53. The number of hydrogen-bond donors (Lipinski definition) is 0. The Balaban J connectivity index is 2.12. The molecule has 3 atom stereocenters. The fourth-order valence-electron chi connectivity index (χ4n) is 2.99. The Hall–Kier alpha value is -0.0451. The summed E-state index contributed by atoms with van der Waals surface area (Å²) in [6, 6.07) is 0.764. The Kier molecular flexibility index (Phi) is 2.18. The maximum atomic E-state index is 5.36. The van der Waals surface area contributed by atoms with E-state index in [0.717, 1.165) is 12.0 Å². The standard InChI is InChI=1S/C10H18BNS/c1-10(11)4-3-8-7(6-10)5-9(13)12(8)2/h7-8H,3-6,11H2,1-2H3. The van der Waals surface area contributed by atoms with Crippen LogP contribution in [0.4, 0.5) is 0 Å². The molecule has 0 radical (unpaired) electrons. The van der Waals surface area contributed by atoms with Gasteiger partial charge in [-0.15, -0.1) is 0 Å². The predicted molar refractivity (Wildman–Crippen MR) is 63.0 cm³/mol. The predicted octanol–water partition coefficient (Wildman–Crippen LogP) is 1.63. The molecule has 2 aliphatic rings. The van der Waals surface area contributed by atoms with Gasteiger partial charge in [-0.3, -0.25) is 0 Å². The van der Waals surface area contributed by atoms with Gasteiger partial charge in [0.25, 0.3) is 0 Å². The van der Waals surface area contributed by atoms with Crippen molar-refractivity contribution >= 4 is 25.1 Å². The summed E-state index contributed by atoms with van der Waals surface area (Å²) < 4.78 is 0. The Morgan fingerprint density at radius 3 is 3.00 bits per heavy atom. The fraction of sp³-hybridized carbons (Fsp3) is 0.900. The number of thiocarbonyl (C=S) groups is 1. The van der Waals surface area contributed by atoms with E-state index in [1.807, 2.05) is 0 Å². The third kappa shape index (κ3) is 1.63. The van der Waals surface area contributed by atoms with Gasteiger partial charge in [0, 0.05) is 19.5 Å². The lowest BCUT2D eigenvalue weighted by atomic mass is 9.58. The highest BCUT2D eigenvalue weighted by Gasteiger charge is 2.41. The molecule has 0 bridgehead atoms. The van der Waals surface area contributed by atoms with Gasteiger partial charge < -0.3 is 4.90 Å². The summed E-state index contributed by atoms with van der Waals surface area (Å²) in [6.07, 6.45) is 5.23. The van der Waals surface area contributed by atoms with Crippen LogP contribution >= 0.6 is 12.2 Å². The van der Waals surface area contributed by atoms with E-state index in [4.69, 9.17) is 12.2 Å². The first-order valence-electron chi connectivity index (χ1n) is 5.25. The van der Waals surface area contributed by atoms with Crippen molar-refractivity contribution in [2.24, 2.45) is 5.92 Å². The average Bonchev–Trinajstić information content (AvgIpc) is 2.25. The molecule has 0 aromatic heterocycles. The first-order valence-corrected chi connectivity index (χ1v) is 5.66. The van der Waals surface area contributed by atoms with Gasteiger partial charge in [0.2, 0.25) is 0 Å². The topological polar surface area (TPSA) is 3.24 Å². The van der Waals surface area contributed by atoms with E-state index in [9.17, 15) is 0 Å². The first kappa shape index (κ1) is 9.51. The van der Waals surface area contributed by atoms with E-state index in [1.54, 1.807) is 0 Å². The molecule has 0 N–H and O–H groups in total. The minimum absolute atomic E-state index is 0.557. The summed E-state index contributed by atoms with van der Waals surface area (Å²) in [6.45, 7) is 2.39. The largest absolute Gasteiger partial charge is 0.366 e. The lowest BCUT2D eigenvalue weighted by Crippen LogP contribution is -2.36. The maximum Gasteiger partial charge on any atom is 0.109 e. The summed E-state index contributed by atoms with van der Waals surface area (Å²) in [5, 5.41) is 0.557. The quantitative estimate of drug-likeness (QED) is 0.427. The highest BCUT2D eigenvalue weighted by atomic mass is 32.1. The van der Waals surface area contributed by atoms with Crippen LogP contribution in [0.1, 0.15) is 32.6 Å². The molecule has 1 aliphatic carbocycles. The lowest BCUT2D eigenvalue weighted by molar-refractivity contribution is 0.206. The van der Waals surface area contributed by atoms with Gasteiger partial charge in [-0.25, -0.2) is 0 Å². The van der Waals surface area contributed by atoms with Crippen molar-refractivity contribution in [1.29, 1.82) is 0 Å². The van der Waals surface area contributed by atoms with E-state index in [2.05, 4.69) is 26.7 Å². The molecule has 0 aromatic rings. The molecular formula is C10H18BNS. The van der Waals surface area contributed by atoms with Crippen LogP contribution in [0.2, 0.25) is 5.31 Å². The van der Waals surface area contributed by atoms with Crippen LogP contribution in [-0.4, -0.2) is 30.8 Å². The highest BCUT2D eigenvalue weighted by molar-refractivity contribution is 7.80. The van der Waals surface area contributed by atoms with Crippen LogP contribution < -0.4 is 0 Å². The Bertz CT molecular complexity index is 239. The van der Waals surface area contributed by atoms with Gasteiger partial charge in [0.15, 0.2) is 0 Å². The second-order valence-electron chi connectivity index (χ2n) is 5.44. The first-order chi connectivity index (χ1) is 5.99. The second kappa shape index (κ2) is 2.98. The maximum absolute atomic E-state index is 5.36. The molecule has 1 saturated carbocycles. The van der Waals surface area contributed by atoms with E-state index in [-0.39, 0.29) is 0 Å². The van der Waals surface area contributed by atoms with E-state index < -0.39 is 0 Å². The van der Waals surface area contributed by atoms with Crippen molar-refractivity contribution in [2.45, 2.75) is 44.0 Å².